The van der Waals surface area contributed by atoms with Crippen LogP contribution in [0.15, 0.2) is 0 Å². The van der Waals surface area contributed by atoms with Crippen molar-refractivity contribution in [1.29, 1.82) is 0 Å². The molecule has 1 heterocycles. The third-order valence-corrected chi connectivity index (χ3v) is 6.45. The number of nitrogens with one attached hydrogen (secondary N) is 1. The van der Waals surface area contributed by atoms with E-state index in [2.05, 4.69) is 5.32 Å². The largest absolute Gasteiger partial charge is 0.313 e. The molecule has 4 fully saturated rings. The van der Waals surface area contributed by atoms with Gasteiger partial charge < -0.3 is 5.32 Å². The Kier molecular flexibility index (Phi) is 2.80. The van der Waals surface area contributed by atoms with Gasteiger partial charge in [0.2, 0.25) is 0 Å². The molecule has 3 nitrogen and oxygen atoms in total. The summed E-state index contributed by atoms with van der Waals surface area (Å²) in [6.45, 7) is 1.05. The van der Waals surface area contributed by atoms with Crippen LogP contribution < -0.4 is 5.32 Å². The van der Waals surface area contributed by atoms with Gasteiger partial charge >= 0.3 is 0 Å². The average molecular weight is 261 g/mol. The molecular formula is C16H23NO2. The van der Waals surface area contributed by atoms with Crippen LogP contribution in [0, 0.1) is 29.6 Å². The second-order valence-corrected chi connectivity index (χ2v) is 7.14. The molecule has 104 valence electrons. The minimum atomic E-state index is 0.379. The Labute approximate surface area is 114 Å². The van der Waals surface area contributed by atoms with E-state index in [1.807, 2.05) is 0 Å². The van der Waals surface area contributed by atoms with Gasteiger partial charge in [0.25, 0.3) is 0 Å². The Balaban J connectivity index is 1.56. The zero-order valence-corrected chi connectivity index (χ0v) is 11.4. The van der Waals surface area contributed by atoms with Crippen LogP contribution in [0.2, 0.25) is 0 Å². The highest BCUT2D eigenvalue weighted by atomic mass is 16.1. The van der Waals surface area contributed by atoms with Crippen molar-refractivity contribution in [2.24, 2.45) is 29.6 Å². The lowest BCUT2D eigenvalue weighted by Crippen LogP contribution is -2.57. The van der Waals surface area contributed by atoms with Crippen LogP contribution in [0.5, 0.6) is 0 Å². The van der Waals surface area contributed by atoms with Gasteiger partial charge in [-0.25, -0.2) is 0 Å². The van der Waals surface area contributed by atoms with Crippen molar-refractivity contribution in [3.05, 3.63) is 0 Å². The van der Waals surface area contributed by atoms with Crippen LogP contribution >= 0.6 is 0 Å². The van der Waals surface area contributed by atoms with Gasteiger partial charge in [-0.1, -0.05) is 0 Å². The first kappa shape index (κ1) is 12.1. The van der Waals surface area contributed by atoms with Crippen LogP contribution in [-0.4, -0.2) is 24.2 Å². The fourth-order valence-corrected chi connectivity index (χ4v) is 5.61. The summed E-state index contributed by atoms with van der Waals surface area (Å²) >= 11 is 0. The molecule has 0 amide bonds. The van der Waals surface area contributed by atoms with Crippen LogP contribution in [0.25, 0.3) is 0 Å². The summed E-state index contributed by atoms with van der Waals surface area (Å²) in [5.41, 5.74) is 0. The first-order valence-electron chi connectivity index (χ1n) is 8.02. The SMILES string of the molecule is O=C1CCC2C(C1)NCC1C3CCC(=O)C3CCC21. The van der Waals surface area contributed by atoms with Crippen molar-refractivity contribution in [2.45, 2.75) is 51.0 Å². The molecule has 3 heteroatoms. The molecule has 6 unspecified atom stereocenters. The predicted molar refractivity (Wildman–Crippen MR) is 71.6 cm³/mol. The molecule has 0 aromatic carbocycles. The summed E-state index contributed by atoms with van der Waals surface area (Å²) in [7, 11) is 0. The summed E-state index contributed by atoms with van der Waals surface area (Å²) in [4.78, 5) is 23.6. The van der Waals surface area contributed by atoms with E-state index in [9.17, 15) is 9.59 Å². The first-order valence-corrected chi connectivity index (χ1v) is 8.02. The Bertz CT molecular complexity index is 419. The van der Waals surface area contributed by atoms with Crippen molar-refractivity contribution in [3.8, 4) is 0 Å². The smallest absolute Gasteiger partial charge is 0.136 e. The highest BCUT2D eigenvalue weighted by molar-refractivity contribution is 5.83. The number of carbonyl (C=O) groups excluding carboxylic acids is 2. The van der Waals surface area contributed by atoms with Crippen LogP contribution in [0.1, 0.15) is 44.9 Å². The average Bonchev–Trinajstić information content (AvgIpc) is 2.80. The molecule has 0 aromatic rings. The fourth-order valence-electron chi connectivity index (χ4n) is 5.61. The second-order valence-electron chi connectivity index (χ2n) is 7.14. The summed E-state index contributed by atoms with van der Waals surface area (Å²) in [6, 6.07) is 0.441. The van der Waals surface area contributed by atoms with Gasteiger partial charge in [0.15, 0.2) is 0 Å². The Morgan fingerprint density at radius 2 is 1.68 bits per heavy atom. The van der Waals surface area contributed by atoms with E-state index in [4.69, 9.17) is 0 Å². The zero-order valence-electron chi connectivity index (χ0n) is 11.4. The van der Waals surface area contributed by atoms with E-state index in [1.54, 1.807) is 0 Å². The summed E-state index contributed by atoms with van der Waals surface area (Å²) in [6.07, 6.45) is 6.94. The van der Waals surface area contributed by atoms with Gasteiger partial charge in [-0.2, -0.15) is 0 Å². The first-order chi connectivity index (χ1) is 9.24. The minimum Gasteiger partial charge on any atom is -0.313 e. The molecule has 19 heavy (non-hydrogen) atoms. The molecule has 6 atom stereocenters. The normalized spacial score (nSPS) is 49.5. The maximum absolute atomic E-state index is 11.9. The Hall–Kier alpha value is -0.700. The molecule has 4 aliphatic rings. The van der Waals surface area contributed by atoms with Gasteiger partial charge in [-0.05, 0) is 55.9 Å². The number of ketones is 2. The predicted octanol–water partition coefficient (Wildman–Crippen LogP) is 1.95. The van der Waals surface area contributed by atoms with Crippen LogP contribution in [0.3, 0.4) is 0 Å². The van der Waals surface area contributed by atoms with Crippen LogP contribution in [-0.2, 0) is 9.59 Å². The molecule has 0 bridgehead atoms. The van der Waals surface area contributed by atoms with E-state index < -0.39 is 0 Å². The van der Waals surface area contributed by atoms with Gasteiger partial charge in [0.05, 0.1) is 0 Å². The monoisotopic (exact) mass is 261 g/mol. The Morgan fingerprint density at radius 1 is 0.842 bits per heavy atom. The third-order valence-electron chi connectivity index (χ3n) is 6.45. The van der Waals surface area contributed by atoms with Crippen molar-refractivity contribution < 1.29 is 9.59 Å². The second kappa shape index (κ2) is 4.41. The van der Waals surface area contributed by atoms with E-state index in [0.717, 1.165) is 51.0 Å². The third kappa shape index (κ3) is 1.81. The Morgan fingerprint density at radius 3 is 2.58 bits per heavy atom. The molecule has 4 rings (SSSR count). The number of hydrogen-bond donors (Lipinski definition) is 1. The highest BCUT2D eigenvalue weighted by Crippen LogP contribution is 2.51. The quantitative estimate of drug-likeness (QED) is 0.725. The fraction of sp³-hybridized carbons (Fsp3) is 0.875. The number of fused-ring (bicyclic) bond motifs is 5. The molecule has 1 N–H and O–H groups in total. The lowest BCUT2D eigenvalue weighted by molar-refractivity contribution is -0.125. The van der Waals surface area contributed by atoms with Gasteiger partial charge in [0.1, 0.15) is 11.6 Å². The maximum Gasteiger partial charge on any atom is 0.136 e. The molecule has 1 saturated heterocycles. The minimum absolute atomic E-state index is 0.379. The van der Waals surface area contributed by atoms with Gasteiger partial charge in [-0.3, -0.25) is 9.59 Å². The molecule has 3 saturated carbocycles. The molecule has 3 aliphatic carbocycles. The number of carbonyl (C=O) groups is 2. The molecule has 0 spiro atoms. The molecular weight excluding hydrogens is 238 g/mol. The summed E-state index contributed by atoms with van der Waals surface area (Å²) < 4.78 is 0. The highest BCUT2D eigenvalue weighted by Gasteiger charge is 2.51. The molecule has 0 aromatic heterocycles. The molecule has 1 aliphatic heterocycles. The van der Waals surface area contributed by atoms with E-state index in [0.29, 0.717) is 41.3 Å². The number of piperidine rings is 1. The molecule has 0 radical (unpaired) electrons. The zero-order chi connectivity index (χ0) is 13.0. The summed E-state index contributed by atoms with van der Waals surface area (Å²) in [5.74, 6) is 4.20. The van der Waals surface area contributed by atoms with Gasteiger partial charge in [0, 0.05) is 31.2 Å². The van der Waals surface area contributed by atoms with E-state index in [-0.39, 0.29) is 0 Å². The van der Waals surface area contributed by atoms with Crippen molar-refractivity contribution in [1.82, 2.24) is 5.32 Å². The maximum atomic E-state index is 11.9. The standard InChI is InChI=1S/C16H23NO2/c18-9-1-2-12-10-3-4-13-11(5-6-16(13)19)14(10)8-17-15(12)7-9/h10-15,17H,1-8H2. The van der Waals surface area contributed by atoms with Crippen molar-refractivity contribution >= 4 is 11.6 Å². The lowest BCUT2D eigenvalue weighted by atomic mass is 9.58. The van der Waals surface area contributed by atoms with Crippen LogP contribution in [0.4, 0.5) is 0 Å². The van der Waals surface area contributed by atoms with Crippen molar-refractivity contribution in [2.75, 3.05) is 6.54 Å². The van der Waals surface area contributed by atoms with E-state index in [1.165, 1.54) is 6.42 Å². The van der Waals surface area contributed by atoms with Crippen molar-refractivity contribution in [3.63, 3.8) is 0 Å². The summed E-state index contributed by atoms with van der Waals surface area (Å²) in [5, 5.41) is 3.65. The van der Waals surface area contributed by atoms with E-state index >= 15 is 0 Å². The number of hydrogen-bond acceptors (Lipinski definition) is 3. The number of Topliss-reactive ketones (excluding diaryl/α,β-unsaturated/α-hetero) is 2. The van der Waals surface area contributed by atoms with Gasteiger partial charge in [-0.15, -0.1) is 0 Å². The topological polar surface area (TPSA) is 46.2 Å². The lowest BCUT2D eigenvalue weighted by Gasteiger charge is -2.51. The number of rotatable bonds is 0.